The summed E-state index contributed by atoms with van der Waals surface area (Å²) in [5.74, 6) is -1.93. The molecule has 1 heterocycles. The summed E-state index contributed by atoms with van der Waals surface area (Å²) >= 11 is 0. The number of carboxylic acids is 1. The van der Waals surface area contributed by atoms with Crippen molar-refractivity contribution in [1.29, 1.82) is 0 Å². The summed E-state index contributed by atoms with van der Waals surface area (Å²) in [5.41, 5.74) is -0.104. The van der Waals surface area contributed by atoms with Crippen LogP contribution in [0.4, 0.5) is 16.4 Å². The zero-order valence-corrected chi connectivity index (χ0v) is 23.7. The van der Waals surface area contributed by atoms with E-state index in [1.807, 2.05) is 0 Å². The smallest absolute Gasteiger partial charge is 0.339 e. The van der Waals surface area contributed by atoms with Crippen LogP contribution >= 0.6 is 7.60 Å². The molecule has 2 aromatic rings. The van der Waals surface area contributed by atoms with Crippen LogP contribution in [0.3, 0.4) is 0 Å². The lowest BCUT2D eigenvalue weighted by Gasteiger charge is -2.16. The van der Waals surface area contributed by atoms with E-state index in [0.29, 0.717) is 6.41 Å². The molecular formula is C20H28N7O12PS. The Morgan fingerprint density at radius 3 is 2.12 bits per heavy atom. The number of anilines is 2. The van der Waals surface area contributed by atoms with Crippen molar-refractivity contribution >= 4 is 53.6 Å². The molecule has 0 atom stereocenters. The Morgan fingerprint density at radius 2 is 1.66 bits per heavy atom. The lowest BCUT2D eigenvalue weighted by Crippen LogP contribution is -2.36. The number of nitrogens with one attached hydrogen (secondary N) is 4. The van der Waals surface area contributed by atoms with Crippen molar-refractivity contribution in [1.82, 2.24) is 24.9 Å². The van der Waals surface area contributed by atoms with Crippen molar-refractivity contribution in [2.24, 2.45) is 0 Å². The highest BCUT2D eigenvalue weighted by atomic mass is 32.2. The number of aromatic nitrogens is 2. The van der Waals surface area contributed by atoms with E-state index in [-0.39, 0.29) is 29.0 Å². The van der Waals surface area contributed by atoms with E-state index in [4.69, 9.17) is 24.4 Å². The van der Waals surface area contributed by atoms with Gasteiger partial charge < -0.3 is 34.6 Å². The summed E-state index contributed by atoms with van der Waals surface area (Å²) in [6, 6.07) is 3.76. The summed E-state index contributed by atoms with van der Waals surface area (Å²) in [5, 5.41) is 14.5. The number of carbonyl (C=O) groups excluding carboxylic acids is 3. The van der Waals surface area contributed by atoms with Crippen molar-refractivity contribution in [2.45, 2.75) is 4.90 Å². The van der Waals surface area contributed by atoms with Crippen molar-refractivity contribution in [3.05, 3.63) is 29.8 Å². The molecule has 0 saturated carbocycles. The molecule has 0 aliphatic heterocycles. The molecule has 0 unspecified atom stereocenters. The zero-order chi connectivity index (χ0) is 31.4. The number of ether oxygens (including phenoxy) is 2. The van der Waals surface area contributed by atoms with Gasteiger partial charge in [-0.15, -0.1) is 0 Å². The van der Waals surface area contributed by atoms with E-state index >= 15 is 0 Å². The first-order chi connectivity index (χ1) is 19.0. The van der Waals surface area contributed by atoms with Crippen LogP contribution in [-0.2, 0) is 24.2 Å². The second kappa shape index (κ2) is 15.4. The number of carbonyl (C=O) groups is 4. The number of sulfonamides is 1. The monoisotopic (exact) mass is 621 g/mol. The zero-order valence-electron chi connectivity index (χ0n) is 22.0. The maximum absolute atomic E-state index is 12.8. The summed E-state index contributed by atoms with van der Waals surface area (Å²) in [6.07, 6.45) is -0.258. The Kier molecular flexibility index (Phi) is 13.0. The molecule has 2 rings (SSSR count). The molecule has 0 fully saturated rings. The van der Waals surface area contributed by atoms with Gasteiger partial charge in [-0.3, -0.25) is 29.6 Å². The molecule has 0 aliphatic rings. The molecule has 226 valence electrons. The number of carboxylic acid groups (broad SMARTS) is 1. The van der Waals surface area contributed by atoms with Gasteiger partial charge >= 0.3 is 19.6 Å². The highest BCUT2D eigenvalue weighted by molar-refractivity contribution is 7.90. The number of hydrogen-bond donors (Lipinski definition) is 7. The van der Waals surface area contributed by atoms with Gasteiger partial charge in [0.15, 0.2) is 0 Å². The van der Waals surface area contributed by atoms with Crippen LogP contribution in [0.2, 0.25) is 0 Å². The second-order valence-electron chi connectivity index (χ2n) is 7.65. The number of nitrogens with zero attached hydrogens (tertiary/aromatic N) is 3. The average Bonchev–Trinajstić information content (AvgIpc) is 2.87. The standard InChI is InChI=1S/C17H20N6O7S.C3H8NO5P/c1-23(2)15(25)11-6-5-10(18-9-24)7-12(11)31(27,28)22-17(26)21-16-19-13(29-3)8-14(20-16)30-4;5-3(6)1-4-2-10(7,8)9/h5-9H,1-4H3,(H,18,24)(H2,19,20,21,22,26);4H,1-2H2,(H,5,6)(H2,7,8,9). The third-order valence-electron chi connectivity index (χ3n) is 4.28. The van der Waals surface area contributed by atoms with Crippen molar-refractivity contribution in [2.75, 3.05) is 51.8 Å². The largest absolute Gasteiger partial charge is 0.481 e. The molecule has 1 aromatic carbocycles. The van der Waals surface area contributed by atoms with Gasteiger partial charge in [0, 0.05) is 19.8 Å². The van der Waals surface area contributed by atoms with Gasteiger partial charge in [0.05, 0.1) is 38.7 Å². The van der Waals surface area contributed by atoms with Crippen LogP contribution in [0.15, 0.2) is 29.2 Å². The molecule has 0 bridgehead atoms. The third kappa shape index (κ3) is 12.1. The second-order valence-corrected chi connectivity index (χ2v) is 10.9. The van der Waals surface area contributed by atoms with Gasteiger partial charge in [-0.25, -0.2) is 17.9 Å². The predicted octanol–water partition coefficient (Wildman–Crippen LogP) is -0.930. The van der Waals surface area contributed by atoms with Gasteiger partial charge in [-0.2, -0.15) is 9.97 Å². The Morgan fingerprint density at radius 1 is 1.07 bits per heavy atom. The number of urea groups is 1. The van der Waals surface area contributed by atoms with E-state index in [0.717, 1.165) is 11.0 Å². The van der Waals surface area contributed by atoms with Crippen LogP contribution in [0.1, 0.15) is 10.4 Å². The van der Waals surface area contributed by atoms with Crippen molar-refractivity contribution in [3.8, 4) is 11.8 Å². The molecule has 0 spiro atoms. The first-order valence-corrected chi connectivity index (χ1v) is 14.1. The van der Waals surface area contributed by atoms with Crippen LogP contribution in [-0.4, -0.2) is 104 Å². The minimum Gasteiger partial charge on any atom is -0.481 e. The van der Waals surface area contributed by atoms with Crippen LogP contribution < -0.4 is 30.1 Å². The van der Waals surface area contributed by atoms with Crippen molar-refractivity contribution in [3.63, 3.8) is 0 Å². The quantitative estimate of drug-likeness (QED) is 0.111. The van der Waals surface area contributed by atoms with E-state index < -0.39 is 53.3 Å². The van der Waals surface area contributed by atoms with Crippen molar-refractivity contribution < 1.29 is 56.5 Å². The third-order valence-corrected chi connectivity index (χ3v) is 6.28. The lowest BCUT2D eigenvalue weighted by molar-refractivity contribution is -0.135. The normalized spacial score (nSPS) is 10.8. The molecule has 0 aliphatic carbocycles. The molecule has 41 heavy (non-hydrogen) atoms. The summed E-state index contributed by atoms with van der Waals surface area (Å²) < 4.78 is 47.4. The van der Waals surface area contributed by atoms with Crippen LogP contribution in [0, 0.1) is 0 Å². The number of aliphatic carboxylic acids is 1. The lowest BCUT2D eigenvalue weighted by atomic mass is 10.2. The van der Waals surface area contributed by atoms with Gasteiger partial charge in [0.1, 0.15) is 4.90 Å². The molecule has 0 saturated heterocycles. The van der Waals surface area contributed by atoms with Gasteiger partial charge in [-0.05, 0) is 18.2 Å². The minimum absolute atomic E-state index is 0.0662. The van der Waals surface area contributed by atoms with Crippen LogP contribution in [0.25, 0.3) is 0 Å². The number of hydrogen-bond acceptors (Lipinski definition) is 12. The molecular weight excluding hydrogens is 593 g/mol. The Labute approximate surface area is 233 Å². The topological polar surface area (TPSA) is 276 Å². The van der Waals surface area contributed by atoms with E-state index in [1.54, 1.807) is 4.72 Å². The van der Waals surface area contributed by atoms with E-state index in [2.05, 4.69) is 25.9 Å². The Bertz CT molecular complexity index is 1390. The first-order valence-electron chi connectivity index (χ1n) is 10.9. The average molecular weight is 622 g/mol. The highest BCUT2D eigenvalue weighted by Gasteiger charge is 2.26. The number of rotatable bonds is 12. The van der Waals surface area contributed by atoms with Gasteiger partial charge in [-0.1, -0.05) is 0 Å². The Hall–Kier alpha value is -4.36. The molecule has 19 nitrogen and oxygen atoms in total. The summed E-state index contributed by atoms with van der Waals surface area (Å²) in [6.45, 7) is -0.439. The number of methoxy groups -OCH3 is 2. The van der Waals surface area contributed by atoms with Gasteiger partial charge in [0.25, 0.3) is 15.9 Å². The summed E-state index contributed by atoms with van der Waals surface area (Å²) in [7, 11) is -3.11. The fourth-order valence-corrected chi connectivity index (χ4v) is 4.14. The number of amides is 4. The fraction of sp³-hybridized carbons (Fsp3) is 0.300. The minimum atomic E-state index is -4.54. The highest BCUT2D eigenvalue weighted by Crippen LogP contribution is 2.31. The van der Waals surface area contributed by atoms with Crippen LogP contribution in [0.5, 0.6) is 11.8 Å². The Balaban J connectivity index is 0.000000716. The SMILES string of the molecule is COc1cc(OC)nc(NC(=O)NS(=O)(=O)c2cc(NC=O)ccc2C(=O)N(C)C)n1.O=C(O)CNCP(=O)(O)O. The molecule has 7 N–H and O–H groups in total. The van der Waals surface area contributed by atoms with E-state index in [9.17, 15) is 32.2 Å². The maximum atomic E-state index is 12.8. The predicted molar refractivity (Wildman–Crippen MR) is 141 cm³/mol. The van der Waals surface area contributed by atoms with E-state index in [1.165, 1.54) is 46.5 Å². The molecule has 1 aromatic heterocycles. The fourth-order valence-electron chi connectivity index (χ4n) is 2.60. The maximum Gasteiger partial charge on any atom is 0.339 e. The number of benzene rings is 1. The first kappa shape index (κ1) is 34.7. The van der Waals surface area contributed by atoms with Gasteiger partial charge in [0.2, 0.25) is 24.1 Å². The summed E-state index contributed by atoms with van der Waals surface area (Å²) in [4.78, 5) is 69.9. The molecule has 21 heteroatoms. The molecule has 4 amide bonds. The molecule has 0 radical (unpaired) electrons.